The van der Waals surface area contributed by atoms with Gasteiger partial charge in [0, 0.05) is 58.8 Å². The molecular formula is C24H39N5O. The fourth-order valence-corrected chi connectivity index (χ4v) is 4.65. The van der Waals surface area contributed by atoms with Crippen molar-refractivity contribution in [2.45, 2.75) is 45.6 Å². The van der Waals surface area contributed by atoms with Gasteiger partial charge in [-0.15, -0.1) is 0 Å². The van der Waals surface area contributed by atoms with Crippen molar-refractivity contribution in [2.24, 2.45) is 10.9 Å². The zero-order valence-corrected chi connectivity index (χ0v) is 19.2. The molecule has 6 heteroatoms. The summed E-state index contributed by atoms with van der Waals surface area (Å²) < 4.78 is 0. The van der Waals surface area contributed by atoms with Gasteiger partial charge in [-0.25, -0.2) is 0 Å². The number of piperazine rings is 1. The molecule has 2 aliphatic heterocycles. The maximum absolute atomic E-state index is 12.7. The highest BCUT2D eigenvalue weighted by Crippen LogP contribution is 2.23. The van der Waals surface area contributed by atoms with Crippen molar-refractivity contribution in [1.82, 2.24) is 20.0 Å². The minimum absolute atomic E-state index is 0.0244. The molecule has 0 bridgehead atoms. The summed E-state index contributed by atoms with van der Waals surface area (Å²) in [6.45, 7) is 12.9. The van der Waals surface area contributed by atoms with Crippen LogP contribution < -0.4 is 5.32 Å². The summed E-state index contributed by atoms with van der Waals surface area (Å²) in [6, 6.07) is 10.7. The van der Waals surface area contributed by atoms with Crippen molar-refractivity contribution in [2.75, 3.05) is 52.9 Å². The summed E-state index contributed by atoms with van der Waals surface area (Å²) in [4.78, 5) is 24.0. The van der Waals surface area contributed by atoms with Crippen molar-refractivity contribution in [3.05, 3.63) is 35.9 Å². The molecule has 0 radical (unpaired) electrons. The number of likely N-dealkylation sites (tertiary alicyclic amines) is 1. The van der Waals surface area contributed by atoms with Crippen LogP contribution >= 0.6 is 0 Å². The van der Waals surface area contributed by atoms with E-state index in [9.17, 15) is 4.79 Å². The lowest BCUT2D eigenvalue weighted by Crippen LogP contribution is -2.57. The number of hydrogen-bond donors (Lipinski definition) is 1. The monoisotopic (exact) mass is 413 g/mol. The van der Waals surface area contributed by atoms with Crippen LogP contribution in [0, 0.1) is 5.92 Å². The molecule has 1 aromatic rings. The SMILES string of the molecule is CN=C(NCC(c1ccccc1)C(C)C)N1CCN(C(C)C(=O)N2CCCC2)CC1. The van der Waals surface area contributed by atoms with Gasteiger partial charge in [0.05, 0.1) is 6.04 Å². The van der Waals surface area contributed by atoms with Crippen LogP contribution in [0.4, 0.5) is 0 Å². The highest BCUT2D eigenvalue weighted by atomic mass is 16.2. The third-order valence-electron chi connectivity index (χ3n) is 6.66. The van der Waals surface area contributed by atoms with Gasteiger partial charge in [-0.05, 0) is 31.2 Å². The topological polar surface area (TPSA) is 51.2 Å². The highest BCUT2D eigenvalue weighted by molar-refractivity contribution is 5.82. The normalized spacial score (nSPS) is 20.5. The Morgan fingerprint density at radius 1 is 0.967 bits per heavy atom. The predicted molar refractivity (Wildman–Crippen MR) is 124 cm³/mol. The third kappa shape index (κ3) is 5.54. The molecule has 0 spiro atoms. The van der Waals surface area contributed by atoms with E-state index in [2.05, 4.69) is 71.2 Å². The predicted octanol–water partition coefficient (Wildman–Crippen LogP) is 2.63. The van der Waals surface area contributed by atoms with Gasteiger partial charge in [-0.2, -0.15) is 0 Å². The van der Waals surface area contributed by atoms with Gasteiger partial charge in [0.2, 0.25) is 5.91 Å². The van der Waals surface area contributed by atoms with E-state index in [1.165, 1.54) is 5.56 Å². The van der Waals surface area contributed by atoms with Gasteiger partial charge in [-0.3, -0.25) is 14.7 Å². The molecule has 0 aromatic heterocycles. The summed E-state index contributed by atoms with van der Waals surface area (Å²) in [5.74, 6) is 2.26. The Kier molecular flexibility index (Phi) is 8.14. The molecule has 1 amide bonds. The van der Waals surface area contributed by atoms with Gasteiger partial charge in [-0.1, -0.05) is 44.2 Å². The summed E-state index contributed by atoms with van der Waals surface area (Å²) in [6.07, 6.45) is 2.29. The van der Waals surface area contributed by atoms with Gasteiger partial charge < -0.3 is 15.1 Å². The zero-order valence-electron chi connectivity index (χ0n) is 19.2. The Morgan fingerprint density at radius 3 is 2.17 bits per heavy atom. The van der Waals surface area contributed by atoms with Gasteiger partial charge in [0.1, 0.15) is 0 Å². The summed E-state index contributed by atoms with van der Waals surface area (Å²) >= 11 is 0. The second-order valence-electron chi connectivity index (χ2n) is 8.92. The van der Waals surface area contributed by atoms with E-state index in [1.54, 1.807) is 0 Å². The number of carbonyl (C=O) groups excluding carboxylic acids is 1. The van der Waals surface area contributed by atoms with Crippen LogP contribution in [-0.2, 0) is 4.79 Å². The second-order valence-corrected chi connectivity index (χ2v) is 8.92. The van der Waals surface area contributed by atoms with Crippen LogP contribution in [0.5, 0.6) is 0 Å². The Balaban J connectivity index is 1.51. The standard InChI is InChI=1S/C24H39N5O/c1-19(2)22(21-10-6-5-7-11-21)18-26-24(25-4)29-16-14-27(15-17-29)20(3)23(30)28-12-8-9-13-28/h5-7,10-11,19-20,22H,8-9,12-18H2,1-4H3,(H,25,26). The molecule has 2 heterocycles. The van der Waals surface area contributed by atoms with Crippen LogP contribution in [-0.4, -0.2) is 85.5 Å². The van der Waals surface area contributed by atoms with Gasteiger partial charge in [0.15, 0.2) is 5.96 Å². The molecule has 2 saturated heterocycles. The molecule has 166 valence electrons. The first-order chi connectivity index (χ1) is 14.5. The molecule has 1 N–H and O–H groups in total. The summed E-state index contributed by atoms with van der Waals surface area (Å²) in [5, 5.41) is 3.61. The highest BCUT2D eigenvalue weighted by Gasteiger charge is 2.30. The molecule has 2 atom stereocenters. The van der Waals surface area contributed by atoms with E-state index in [0.717, 1.165) is 64.6 Å². The lowest BCUT2D eigenvalue weighted by atomic mass is 9.88. The zero-order chi connectivity index (χ0) is 21.5. The fraction of sp³-hybridized carbons (Fsp3) is 0.667. The van der Waals surface area contributed by atoms with Crippen LogP contribution in [0.25, 0.3) is 0 Å². The maximum Gasteiger partial charge on any atom is 0.239 e. The average Bonchev–Trinajstić information content (AvgIpc) is 3.31. The van der Waals surface area contributed by atoms with Crippen LogP contribution in [0.15, 0.2) is 35.3 Å². The Hall–Kier alpha value is -2.08. The van der Waals surface area contributed by atoms with E-state index in [-0.39, 0.29) is 6.04 Å². The number of rotatable bonds is 6. The first kappa shape index (κ1) is 22.6. The number of carbonyl (C=O) groups is 1. The molecule has 6 nitrogen and oxygen atoms in total. The minimum atomic E-state index is -0.0244. The van der Waals surface area contributed by atoms with Crippen molar-refractivity contribution < 1.29 is 4.79 Å². The van der Waals surface area contributed by atoms with Crippen LogP contribution in [0.3, 0.4) is 0 Å². The lowest BCUT2D eigenvalue weighted by Gasteiger charge is -2.40. The molecule has 1 aromatic carbocycles. The van der Waals surface area contributed by atoms with Crippen molar-refractivity contribution in [3.8, 4) is 0 Å². The first-order valence-electron chi connectivity index (χ1n) is 11.5. The number of hydrogen-bond acceptors (Lipinski definition) is 3. The molecular weight excluding hydrogens is 374 g/mol. The Bertz CT molecular complexity index is 691. The largest absolute Gasteiger partial charge is 0.356 e. The van der Waals surface area contributed by atoms with E-state index < -0.39 is 0 Å². The van der Waals surface area contributed by atoms with Crippen molar-refractivity contribution >= 4 is 11.9 Å². The summed E-state index contributed by atoms with van der Waals surface area (Å²) in [5.41, 5.74) is 1.37. The van der Waals surface area contributed by atoms with E-state index in [4.69, 9.17) is 0 Å². The molecule has 3 rings (SSSR count). The number of guanidine groups is 1. The third-order valence-corrected chi connectivity index (χ3v) is 6.66. The second kappa shape index (κ2) is 10.8. The van der Waals surface area contributed by atoms with Gasteiger partial charge >= 0.3 is 0 Å². The quantitative estimate of drug-likeness (QED) is 0.575. The molecule has 30 heavy (non-hydrogen) atoms. The number of aliphatic imine (C=N–C) groups is 1. The minimum Gasteiger partial charge on any atom is -0.356 e. The summed E-state index contributed by atoms with van der Waals surface area (Å²) in [7, 11) is 1.86. The Morgan fingerprint density at radius 2 is 1.60 bits per heavy atom. The van der Waals surface area contributed by atoms with E-state index in [0.29, 0.717) is 17.7 Å². The van der Waals surface area contributed by atoms with E-state index >= 15 is 0 Å². The fourth-order valence-electron chi connectivity index (χ4n) is 4.65. The van der Waals surface area contributed by atoms with Crippen LogP contribution in [0.2, 0.25) is 0 Å². The molecule has 0 aliphatic carbocycles. The first-order valence-corrected chi connectivity index (χ1v) is 11.5. The van der Waals surface area contributed by atoms with Crippen molar-refractivity contribution in [1.29, 1.82) is 0 Å². The van der Waals surface area contributed by atoms with Crippen LogP contribution in [0.1, 0.15) is 45.1 Å². The molecule has 0 saturated carbocycles. The number of amides is 1. The molecule has 2 aliphatic rings. The number of benzene rings is 1. The number of nitrogens with zero attached hydrogens (tertiary/aromatic N) is 4. The molecule has 2 unspecified atom stereocenters. The maximum atomic E-state index is 12.7. The van der Waals surface area contributed by atoms with Crippen molar-refractivity contribution in [3.63, 3.8) is 0 Å². The molecule has 2 fully saturated rings. The smallest absolute Gasteiger partial charge is 0.239 e. The van der Waals surface area contributed by atoms with Gasteiger partial charge in [0.25, 0.3) is 0 Å². The average molecular weight is 414 g/mol. The Labute approximate surface area is 182 Å². The number of nitrogens with one attached hydrogen (secondary N) is 1. The van der Waals surface area contributed by atoms with E-state index in [1.807, 2.05) is 11.9 Å². The lowest BCUT2D eigenvalue weighted by molar-refractivity contribution is -0.135.